The van der Waals surface area contributed by atoms with E-state index in [0.29, 0.717) is 17.4 Å². The largest absolute Gasteiger partial charge is 0.449 e. The first-order valence-corrected chi connectivity index (χ1v) is 11.1. The molecule has 0 spiro atoms. The normalized spacial score (nSPS) is 16.8. The molecule has 0 saturated carbocycles. The van der Waals surface area contributed by atoms with E-state index < -0.39 is 23.5 Å². The highest BCUT2D eigenvalue weighted by molar-refractivity contribution is 5.95. The first-order chi connectivity index (χ1) is 15.2. The van der Waals surface area contributed by atoms with Crippen molar-refractivity contribution >= 4 is 22.8 Å². The number of nitriles is 1. The van der Waals surface area contributed by atoms with Crippen LogP contribution in [0.4, 0.5) is 0 Å². The molecule has 8 nitrogen and oxygen atoms in total. The number of nitrogens with zero attached hydrogens (tertiary/aromatic N) is 3. The lowest BCUT2D eigenvalue weighted by atomic mass is 9.90. The molecule has 0 radical (unpaired) electrons. The predicted molar refractivity (Wildman–Crippen MR) is 120 cm³/mol. The average molecular weight is 439 g/mol. The van der Waals surface area contributed by atoms with Crippen LogP contribution in [-0.4, -0.2) is 33.1 Å². The minimum Gasteiger partial charge on any atom is -0.449 e. The Morgan fingerprint density at radius 1 is 1.22 bits per heavy atom. The van der Waals surface area contributed by atoms with Crippen LogP contribution in [0.25, 0.3) is 10.9 Å². The van der Waals surface area contributed by atoms with E-state index in [2.05, 4.69) is 16.4 Å². The Balaban J connectivity index is 1.81. The number of carbonyl (C=O) groups excluding carboxylic acids is 2. The molecule has 0 unspecified atom stereocenters. The molecule has 170 valence electrons. The van der Waals surface area contributed by atoms with Crippen LogP contribution < -0.4 is 10.9 Å². The van der Waals surface area contributed by atoms with Crippen LogP contribution in [0.1, 0.15) is 69.6 Å². The molecule has 1 aromatic heterocycles. The van der Waals surface area contributed by atoms with Crippen molar-refractivity contribution in [3.8, 4) is 6.07 Å². The zero-order valence-corrected chi connectivity index (χ0v) is 19.1. The maximum absolute atomic E-state index is 12.9. The number of benzene rings is 1. The Labute approximate surface area is 187 Å². The zero-order chi connectivity index (χ0) is 23.5. The topological polar surface area (TPSA) is 114 Å². The second kappa shape index (κ2) is 9.51. The van der Waals surface area contributed by atoms with Crippen LogP contribution in [0, 0.1) is 17.2 Å². The third-order valence-electron chi connectivity index (χ3n) is 6.23. The number of esters is 1. The number of ether oxygens (including phenoxy) is 1. The summed E-state index contributed by atoms with van der Waals surface area (Å²) in [7, 11) is 0. The standard InChI is InChI=1S/C24H30N4O4/c1-15(2)24(4,14-25)27-21(29)16(3)32-23(31)17-10-11-18-19(13-17)26-20-9-7-5-6-8-12-28(20)22(18)30/h10-11,13,15-16H,5-9,12H2,1-4H3,(H,27,29)/t16-,24+/m1/s1. The number of amides is 1. The van der Waals surface area contributed by atoms with Crippen molar-refractivity contribution in [2.24, 2.45) is 5.92 Å². The van der Waals surface area contributed by atoms with E-state index in [4.69, 9.17) is 4.74 Å². The molecule has 1 aliphatic rings. The molecule has 2 heterocycles. The van der Waals surface area contributed by atoms with Crippen molar-refractivity contribution < 1.29 is 14.3 Å². The lowest BCUT2D eigenvalue weighted by Crippen LogP contribution is -2.52. The average Bonchev–Trinajstić information content (AvgIpc) is 2.74. The number of rotatable bonds is 5. The fraction of sp³-hybridized carbons (Fsp3) is 0.542. The number of aromatic nitrogens is 2. The van der Waals surface area contributed by atoms with Gasteiger partial charge in [-0.25, -0.2) is 9.78 Å². The van der Waals surface area contributed by atoms with Crippen LogP contribution >= 0.6 is 0 Å². The van der Waals surface area contributed by atoms with E-state index in [1.54, 1.807) is 17.6 Å². The van der Waals surface area contributed by atoms with Gasteiger partial charge in [0.2, 0.25) is 0 Å². The Kier molecular flexibility index (Phi) is 6.97. The van der Waals surface area contributed by atoms with E-state index in [0.717, 1.165) is 37.9 Å². The second-order valence-corrected chi connectivity index (χ2v) is 8.89. The highest BCUT2D eigenvalue weighted by Crippen LogP contribution is 2.18. The zero-order valence-electron chi connectivity index (χ0n) is 19.1. The van der Waals surface area contributed by atoms with Crippen molar-refractivity contribution in [2.45, 2.75) is 78.0 Å². The van der Waals surface area contributed by atoms with Gasteiger partial charge >= 0.3 is 5.97 Å². The van der Waals surface area contributed by atoms with Crippen molar-refractivity contribution in [3.05, 3.63) is 39.9 Å². The highest BCUT2D eigenvalue weighted by atomic mass is 16.5. The van der Waals surface area contributed by atoms with Gasteiger partial charge in [0.1, 0.15) is 11.4 Å². The Bertz CT molecular complexity index is 1130. The molecule has 0 aliphatic carbocycles. The fourth-order valence-electron chi connectivity index (χ4n) is 3.66. The van der Waals surface area contributed by atoms with Gasteiger partial charge in [-0.2, -0.15) is 5.26 Å². The minimum absolute atomic E-state index is 0.0935. The van der Waals surface area contributed by atoms with Crippen molar-refractivity contribution in [1.29, 1.82) is 5.26 Å². The molecule has 1 N–H and O–H groups in total. The van der Waals surface area contributed by atoms with Gasteiger partial charge in [0.05, 0.1) is 22.5 Å². The van der Waals surface area contributed by atoms with Crippen LogP contribution in [0.2, 0.25) is 0 Å². The van der Waals surface area contributed by atoms with Gasteiger partial charge in [0, 0.05) is 13.0 Å². The van der Waals surface area contributed by atoms with E-state index >= 15 is 0 Å². The number of nitrogens with one attached hydrogen (secondary N) is 1. The van der Waals surface area contributed by atoms with Crippen LogP contribution in [0.15, 0.2) is 23.0 Å². The second-order valence-electron chi connectivity index (χ2n) is 8.89. The van der Waals surface area contributed by atoms with E-state index in [1.807, 2.05) is 13.8 Å². The van der Waals surface area contributed by atoms with Crippen LogP contribution in [-0.2, 0) is 22.5 Å². The predicted octanol–water partition coefficient (Wildman–Crippen LogP) is 3.11. The summed E-state index contributed by atoms with van der Waals surface area (Å²) in [6.45, 7) is 7.40. The van der Waals surface area contributed by atoms with Gasteiger partial charge in [-0.15, -0.1) is 0 Å². The first-order valence-electron chi connectivity index (χ1n) is 11.1. The van der Waals surface area contributed by atoms with Gasteiger partial charge < -0.3 is 10.1 Å². The third kappa shape index (κ3) is 4.82. The van der Waals surface area contributed by atoms with Gasteiger partial charge in [-0.3, -0.25) is 14.2 Å². The molecule has 0 saturated heterocycles. The number of hydrogen-bond donors (Lipinski definition) is 1. The molecule has 8 heteroatoms. The molecular formula is C24H30N4O4. The quantitative estimate of drug-likeness (QED) is 0.718. The van der Waals surface area contributed by atoms with E-state index in [-0.39, 0.29) is 17.0 Å². The summed E-state index contributed by atoms with van der Waals surface area (Å²) in [5.41, 5.74) is -0.496. The third-order valence-corrected chi connectivity index (χ3v) is 6.23. The summed E-state index contributed by atoms with van der Waals surface area (Å²) in [5.74, 6) is -0.615. The number of carbonyl (C=O) groups is 2. The summed E-state index contributed by atoms with van der Waals surface area (Å²) in [5, 5.41) is 12.5. The highest BCUT2D eigenvalue weighted by Gasteiger charge is 2.32. The summed E-state index contributed by atoms with van der Waals surface area (Å²) in [6.07, 6.45) is 3.78. The number of hydrogen-bond acceptors (Lipinski definition) is 6. The van der Waals surface area contributed by atoms with Gasteiger partial charge in [0.25, 0.3) is 11.5 Å². The summed E-state index contributed by atoms with van der Waals surface area (Å²) >= 11 is 0. The molecule has 0 bridgehead atoms. The number of aryl methyl sites for hydroxylation is 1. The summed E-state index contributed by atoms with van der Waals surface area (Å²) < 4.78 is 7.07. The molecule has 1 amide bonds. The van der Waals surface area contributed by atoms with Crippen LogP contribution in [0.5, 0.6) is 0 Å². The maximum atomic E-state index is 12.9. The molecule has 1 aromatic carbocycles. The first kappa shape index (κ1) is 23.5. The maximum Gasteiger partial charge on any atom is 0.338 e. The van der Waals surface area contributed by atoms with Crippen LogP contribution in [0.3, 0.4) is 0 Å². The van der Waals surface area contributed by atoms with E-state index in [1.165, 1.54) is 19.1 Å². The molecule has 0 fully saturated rings. The number of fused-ring (bicyclic) bond motifs is 2. The van der Waals surface area contributed by atoms with Crippen molar-refractivity contribution in [1.82, 2.24) is 14.9 Å². The summed E-state index contributed by atoms with van der Waals surface area (Å²) in [6, 6.07) is 6.74. The molecule has 2 atom stereocenters. The van der Waals surface area contributed by atoms with E-state index in [9.17, 15) is 19.6 Å². The smallest absolute Gasteiger partial charge is 0.338 e. The van der Waals surface area contributed by atoms with Gasteiger partial charge in [0.15, 0.2) is 6.10 Å². The monoisotopic (exact) mass is 438 g/mol. The summed E-state index contributed by atoms with van der Waals surface area (Å²) in [4.78, 5) is 42.7. The lowest BCUT2D eigenvalue weighted by Gasteiger charge is -2.28. The Hall–Kier alpha value is -3.21. The Morgan fingerprint density at radius 2 is 1.94 bits per heavy atom. The van der Waals surface area contributed by atoms with Gasteiger partial charge in [-0.05, 0) is 50.8 Å². The molecule has 3 rings (SSSR count). The lowest BCUT2D eigenvalue weighted by molar-refractivity contribution is -0.130. The Morgan fingerprint density at radius 3 is 2.62 bits per heavy atom. The van der Waals surface area contributed by atoms with Crippen molar-refractivity contribution in [2.75, 3.05) is 0 Å². The molecule has 1 aliphatic heterocycles. The molecule has 32 heavy (non-hydrogen) atoms. The fourth-order valence-corrected chi connectivity index (χ4v) is 3.66. The van der Waals surface area contributed by atoms with Crippen molar-refractivity contribution in [3.63, 3.8) is 0 Å². The minimum atomic E-state index is -1.08. The molecule has 2 aromatic rings. The molecular weight excluding hydrogens is 408 g/mol. The SMILES string of the molecule is CC(C)[C@](C)(C#N)NC(=O)[C@@H](C)OC(=O)c1ccc2c(=O)n3c(nc2c1)CCCCCC3. The van der Waals surface area contributed by atoms with Gasteiger partial charge in [-0.1, -0.05) is 26.7 Å².